The molecule has 3 aromatic carbocycles. The maximum Gasteiger partial charge on any atom is 0.296 e. The van der Waals surface area contributed by atoms with Crippen molar-refractivity contribution in [3.63, 3.8) is 0 Å². The summed E-state index contributed by atoms with van der Waals surface area (Å²) in [7, 11) is 0. The number of para-hydroxylation sites is 1. The van der Waals surface area contributed by atoms with E-state index >= 15 is 0 Å². The molecule has 31 heavy (non-hydrogen) atoms. The Morgan fingerprint density at radius 2 is 1.61 bits per heavy atom. The maximum absolute atomic E-state index is 11.9. The van der Waals surface area contributed by atoms with E-state index in [0.29, 0.717) is 22.4 Å². The molecule has 0 atom stereocenters. The molecule has 0 bridgehead atoms. The molecule has 0 unspecified atom stereocenters. The van der Waals surface area contributed by atoms with E-state index in [9.17, 15) is 15.4 Å². The fraction of sp³-hybridized carbons (Fsp3) is 0.240. The van der Waals surface area contributed by atoms with Gasteiger partial charge in [0.1, 0.15) is 5.58 Å². The molecule has 1 aromatic heterocycles. The third-order valence-electron chi connectivity index (χ3n) is 5.57. The van der Waals surface area contributed by atoms with Crippen molar-refractivity contribution in [3.05, 3.63) is 75.3 Å². The zero-order valence-electron chi connectivity index (χ0n) is 17.9. The topological polar surface area (TPSA) is 92.1 Å². The van der Waals surface area contributed by atoms with Crippen LogP contribution in [-0.4, -0.2) is 4.92 Å². The number of furan rings is 1. The average molecular weight is 413 g/mol. The molecule has 0 saturated carbocycles. The number of hydrogen-bond donors (Lipinski definition) is 1. The Morgan fingerprint density at radius 3 is 2.19 bits per heavy atom. The van der Waals surface area contributed by atoms with E-state index in [4.69, 9.17) is 4.42 Å². The molecule has 1 N–H and O–H groups in total. The first kappa shape index (κ1) is 20.4. The molecule has 156 valence electrons. The quantitative estimate of drug-likeness (QED) is 0.273. The summed E-state index contributed by atoms with van der Waals surface area (Å²) in [5, 5.41) is 26.1. The van der Waals surface area contributed by atoms with E-state index in [1.807, 2.05) is 24.3 Å². The van der Waals surface area contributed by atoms with Crippen molar-refractivity contribution in [1.82, 2.24) is 0 Å². The Morgan fingerprint density at radius 1 is 0.968 bits per heavy atom. The molecule has 0 aliphatic heterocycles. The van der Waals surface area contributed by atoms with Crippen molar-refractivity contribution in [2.45, 2.75) is 39.5 Å². The first-order chi connectivity index (χ1) is 14.8. The van der Waals surface area contributed by atoms with Crippen LogP contribution < -0.4 is 5.32 Å². The molecule has 0 spiro atoms. The van der Waals surface area contributed by atoms with Gasteiger partial charge in [-0.25, -0.2) is 0 Å². The minimum absolute atomic E-state index is 0.0553. The van der Waals surface area contributed by atoms with E-state index in [1.165, 1.54) is 6.07 Å². The molecule has 6 heteroatoms. The lowest BCUT2D eigenvalue weighted by atomic mass is 9.92. The molecule has 0 saturated heterocycles. The van der Waals surface area contributed by atoms with Crippen LogP contribution in [0, 0.1) is 21.4 Å². The minimum Gasteiger partial charge on any atom is -0.454 e. The van der Waals surface area contributed by atoms with Crippen LogP contribution >= 0.6 is 0 Å². The Balaban J connectivity index is 2.02. The molecule has 0 fully saturated rings. The van der Waals surface area contributed by atoms with Crippen molar-refractivity contribution in [2.24, 2.45) is 0 Å². The summed E-state index contributed by atoms with van der Waals surface area (Å²) in [6.45, 7) is 8.41. The van der Waals surface area contributed by atoms with Gasteiger partial charge in [0, 0.05) is 22.5 Å². The standard InChI is InChI=1S/C25H23N3O3/c1-14(2)17-6-5-7-18(15(3)4)23(17)27-24-21(28(29)30)11-10-20-19-9-8-16(13-26)12-22(19)31-25(20)24/h5-12,14-15,27H,1-4H3. The summed E-state index contributed by atoms with van der Waals surface area (Å²) < 4.78 is 6.07. The number of nitro benzene ring substituents is 1. The second-order valence-corrected chi connectivity index (χ2v) is 8.26. The summed E-state index contributed by atoms with van der Waals surface area (Å²) in [6, 6.07) is 16.6. The highest BCUT2D eigenvalue weighted by molar-refractivity contribution is 6.11. The first-order valence-electron chi connectivity index (χ1n) is 10.3. The van der Waals surface area contributed by atoms with Gasteiger partial charge in [0.15, 0.2) is 11.3 Å². The van der Waals surface area contributed by atoms with Crippen LogP contribution in [0.5, 0.6) is 0 Å². The summed E-state index contributed by atoms with van der Waals surface area (Å²) in [6.07, 6.45) is 0. The molecule has 0 radical (unpaired) electrons. The Labute approximate surface area is 180 Å². The van der Waals surface area contributed by atoms with Crippen LogP contribution in [-0.2, 0) is 0 Å². The number of hydrogen-bond acceptors (Lipinski definition) is 5. The fourth-order valence-corrected chi connectivity index (χ4v) is 3.99. The lowest BCUT2D eigenvalue weighted by Crippen LogP contribution is -2.05. The van der Waals surface area contributed by atoms with Crippen LogP contribution in [0.1, 0.15) is 56.2 Å². The van der Waals surface area contributed by atoms with Crippen LogP contribution in [0.25, 0.3) is 21.9 Å². The SMILES string of the molecule is CC(C)c1cccc(C(C)C)c1Nc1c([N+](=O)[O-])ccc2c1oc1cc(C#N)ccc12. The third-order valence-corrected chi connectivity index (χ3v) is 5.57. The number of anilines is 2. The van der Waals surface area contributed by atoms with Crippen LogP contribution in [0.4, 0.5) is 17.1 Å². The number of nitrogens with zero attached hydrogens (tertiary/aromatic N) is 2. The average Bonchev–Trinajstić information content (AvgIpc) is 3.11. The van der Waals surface area contributed by atoms with Crippen molar-refractivity contribution < 1.29 is 9.34 Å². The molecular weight excluding hydrogens is 390 g/mol. The van der Waals surface area contributed by atoms with Gasteiger partial charge in [-0.1, -0.05) is 45.9 Å². The number of nitriles is 1. The van der Waals surface area contributed by atoms with Gasteiger partial charge in [-0.05, 0) is 47.2 Å². The van der Waals surface area contributed by atoms with Gasteiger partial charge < -0.3 is 9.73 Å². The second-order valence-electron chi connectivity index (χ2n) is 8.26. The van der Waals surface area contributed by atoms with Gasteiger partial charge in [0.25, 0.3) is 5.69 Å². The van der Waals surface area contributed by atoms with Crippen LogP contribution in [0.3, 0.4) is 0 Å². The molecule has 4 aromatic rings. The lowest BCUT2D eigenvalue weighted by Gasteiger charge is -2.21. The number of nitrogens with one attached hydrogen (secondary N) is 1. The molecule has 0 aliphatic carbocycles. The first-order valence-corrected chi connectivity index (χ1v) is 10.3. The van der Waals surface area contributed by atoms with Crippen LogP contribution in [0.2, 0.25) is 0 Å². The van der Waals surface area contributed by atoms with E-state index in [2.05, 4.69) is 39.1 Å². The minimum atomic E-state index is -0.400. The fourth-order valence-electron chi connectivity index (χ4n) is 3.99. The van der Waals surface area contributed by atoms with Gasteiger partial charge in [-0.2, -0.15) is 5.26 Å². The maximum atomic E-state index is 11.9. The monoisotopic (exact) mass is 413 g/mol. The number of nitro groups is 1. The van der Waals surface area contributed by atoms with E-state index in [0.717, 1.165) is 27.6 Å². The van der Waals surface area contributed by atoms with Gasteiger partial charge >= 0.3 is 0 Å². The highest BCUT2D eigenvalue weighted by Crippen LogP contribution is 2.43. The van der Waals surface area contributed by atoms with E-state index in [1.54, 1.807) is 18.2 Å². The van der Waals surface area contributed by atoms with Crippen molar-refractivity contribution in [2.75, 3.05) is 5.32 Å². The van der Waals surface area contributed by atoms with Crippen molar-refractivity contribution in [1.29, 1.82) is 5.26 Å². The molecule has 0 aliphatic rings. The lowest BCUT2D eigenvalue weighted by molar-refractivity contribution is -0.383. The highest BCUT2D eigenvalue weighted by Gasteiger charge is 2.24. The zero-order valence-corrected chi connectivity index (χ0v) is 17.9. The summed E-state index contributed by atoms with van der Waals surface area (Å²) in [5.41, 5.74) is 4.73. The molecule has 6 nitrogen and oxygen atoms in total. The zero-order chi connectivity index (χ0) is 22.3. The molecule has 0 amide bonds. The van der Waals surface area contributed by atoms with Gasteiger partial charge in [0.2, 0.25) is 0 Å². The van der Waals surface area contributed by atoms with Crippen molar-refractivity contribution in [3.8, 4) is 6.07 Å². The third kappa shape index (κ3) is 3.49. The Hall–Kier alpha value is -3.85. The van der Waals surface area contributed by atoms with E-state index in [-0.39, 0.29) is 17.5 Å². The second kappa shape index (κ2) is 7.77. The smallest absolute Gasteiger partial charge is 0.296 e. The predicted octanol–water partition coefficient (Wildman–Crippen LogP) is 7.36. The molecule has 4 rings (SSSR count). The molecule has 1 heterocycles. The van der Waals surface area contributed by atoms with Gasteiger partial charge in [0.05, 0.1) is 16.6 Å². The largest absolute Gasteiger partial charge is 0.454 e. The predicted molar refractivity (Wildman–Crippen MR) is 123 cm³/mol. The summed E-state index contributed by atoms with van der Waals surface area (Å²) in [4.78, 5) is 11.5. The summed E-state index contributed by atoms with van der Waals surface area (Å²) >= 11 is 0. The molecular formula is C25H23N3O3. The summed E-state index contributed by atoms with van der Waals surface area (Å²) in [5.74, 6) is 0.460. The van der Waals surface area contributed by atoms with Crippen molar-refractivity contribution >= 4 is 39.0 Å². The van der Waals surface area contributed by atoms with E-state index < -0.39 is 4.92 Å². The van der Waals surface area contributed by atoms with Gasteiger partial charge in [-0.3, -0.25) is 10.1 Å². The number of benzene rings is 3. The Bertz CT molecular complexity index is 1330. The Kier molecular flexibility index (Phi) is 5.12. The van der Waals surface area contributed by atoms with Gasteiger partial charge in [-0.15, -0.1) is 0 Å². The highest BCUT2D eigenvalue weighted by atomic mass is 16.6. The van der Waals surface area contributed by atoms with Crippen LogP contribution in [0.15, 0.2) is 52.9 Å². The number of rotatable bonds is 5. The number of fused-ring (bicyclic) bond motifs is 3. The normalized spacial score (nSPS) is 11.4.